The molecule has 0 amide bonds. The van der Waals surface area contributed by atoms with E-state index in [9.17, 15) is 0 Å². The first-order valence-corrected chi connectivity index (χ1v) is 51.3. The minimum Gasteiger partial charge on any atom is -0.259 e. The molecular formula is C88H181NP2S2. The highest BCUT2D eigenvalue weighted by molar-refractivity contribution is 8.22. The summed E-state index contributed by atoms with van der Waals surface area (Å²) in [5, 5.41) is 0. The third-order valence-electron chi connectivity index (χ3n) is 21.9. The summed E-state index contributed by atoms with van der Waals surface area (Å²) in [5.41, 5.74) is 0. The Labute approximate surface area is 602 Å². The molecule has 560 valence electrons. The number of rotatable bonds is 86. The van der Waals surface area contributed by atoms with Crippen molar-refractivity contribution in [2.45, 2.75) is 541 Å². The van der Waals surface area contributed by atoms with Crippen LogP contribution in [0.1, 0.15) is 541 Å². The van der Waals surface area contributed by atoms with Gasteiger partial charge in [-0.3, -0.25) is 4.86 Å². The lowest BCUT2D eigenvalue weighted by molar-refractivity contribution is 0.522. The van der Waals surface area contributed by atoms with Crippen molar-refractivity contribution >= 4 is 36.0 Å². The molecule has 1 N–H and O–H groups in total. The second kappa shape index (κ2) is 82.2. The summed E-state index contributed by atoms with van der Waals surface area (Å²) >= 11 is 14.0. The molecule has 0 radical (unpaired) electrons. The third-order valence-corrected chi connectivity index (χ3v) is 32.6. The van der Waals surface area contributed by atoms with Crippen LogP contribution in [0.4, 0.5) is 0 Å². The highest BCUT2D eigenvalue weighted by Crippen LogP contribution is 2.57. The molecule has 0 aliphatic rings. The van der Waals surface area contributed by atoms with Crippen LogP contribution in [0.15, 0.2) is 0 Å². The van der Waals surface area contributed by atoms with Gasteiger partial charge in [-0.25, -0.2) is 0 Å². The quantitative estimate of drug-likeness (QED) is 0.0481. The molecule has 0 spiro atoms. The lowest BCUT2D eigenvalue weighted by Gasteiger charge is -2.33. The molecule has 0 heterocycles. The molecule has 0 aromatic carbocycles. The van der Waals surface area contributed by atoms with Crippen molar-refractivity contribution in [3.63, 3.8) is 0 Å². The summed E-state index contributed by atoms with van der Waals surface area (Å²) in [6, 6.07) is 0. The smallest absolute Gasteiger partial charge is 0.0164 e. The van der Waals surface area contributed by atoms with Crippen molar-refractivity contribution in [2.24, 2.45) is 0 Å². The molecule has 0 saturated carbocycles. The largest absolute Gasteiger partial charge is 0.259 e. The van der Waals surface area contributed by atoms with E-state index in [0.717, 1.165) is 0 Å². The van der Waals surface area contributed by atoms with Gasteiger partial charge in [0, 0.05) is 12.4 Å². The number of hydrogen-bond donors (Lipinski definition) is 1. The highest BCUT2D eigenvalue weighted by Gasteiger charge is 2.26. The normalized spacial score (nSPS) is 12.2. The Kier molecular flexibility index (Phi) is 83.3. The van der Waals surface area contributed by atoms with Crippen LogP contribution < -0.4 is 4.86 Å². The van der Waals surface area contributed by atoms with Crippen LogP contribution in [0.3, 0.4) is 0 Å². The Hall–Kier alpha value is 1.26. The van der Waals surface area contributed by atoms with Gasteiger partial charge in [-0.2, -0.15) is 0 Å². The van der Waals surface area contributed by atoms with Gasteiger partial charge < -0.3 is 0 Å². The molecular weight excluding hydrogens is 1200 g/mol. The number of unbranched alkanes of at least 4 members (excludes halogenated alkanes) is 76. The van der Waals surface area contributed by atoms with Gasteiger partial charge in [-0.1, -0.05) is 539 Å². The first-order chi connectivity index (χ1) is 45.9. The van der Waals surface area contributed by atoms with Gasteiger partial charge in [-0.15, -0.1) is 0 Å². The average Bonchev–Trinajstić information content (AvgIpc) is 1.59. The molecule has 0 saturated heterocycles. The zero-order valence-electron chi connectivity index (χ0n) is 65.6. The molecule has 0 unspecified atom stereocenters. The van der Waals surface area contributed by atoms with Crippen LogP contribution in [-0.2, 0) is 23.6 Å². The van der Waals surface area contributed by atoms with E-state index in [4.69, 9.17) is 23.6 Å². The Morgan fingerprint density at radius 1 is 0.129 bits per heavy atom. The van der Waals surface area contributed by atoms with E-state index < -0.39 is 12.4 Å². The van der Waals surface area contributed by atoms with Crippen LogP contribution in [-0.4, -0.2) is 24.6 Å². The zero-order chi connectivity index (χ0) is 67.1. The van der Waals surface area contributed by atoms with Crippen molar-refractivity contribution in [1.82, 2.24) is 4.86 Å². The topological polar surface area (TPSA) is 12.0 Å². The average molecular weight is 1380 g/mol. The Balaban J connectivity index is 5.13. The van der Waals surface area contributed by atoms with E-state index in [1.807, 2.05) is 0 Å². The monoisotopic (exact) mass is 1380 g/mol. The summed E-state index contributed by atoms with van der Waals surface area (Å²) in [4.78, 5) is 4.50. The fraction of sp³-hybridized carbons (Fsp3) is 1.00. The first-order valence-electron chi connectivity index (χ1n) is 44.9. The van der Waals surface area contributed by atoms with Crippen LogP contribution >= 0.6 is 12.4 Å². The Morgan fingerprint density at radius 2 is 0.204 bits per heavy atom. The molecule has 1 nitrogen and oxygen atoms in total. The lowest BCUT2D eigenvalue weighted by Crippen LogP contribution is -2.17. The molecule has 0 aromatic rings. The zero-order valence-corrected chi connectivity index (χ0v) is 69.0. The summed E-state index contributed by atoms with van der Waals surface area (Å²) in [6.07, 6.45) is 118. The van der Waals surface area contributed by atoms with Gasteiger partial charge in [0.1, 0.15) is 0 Å². The molecule has 0 bridgehead atoms. The van der Waals surface area contributed by atoms with E-state index in [1.165, 1.54) is 538 Å². The predicted molar refractivity (Wildman–Crippen MR) is 443 cm³/mol. The summed E-state index contributed by atoms with van der Waals surface area (Å²) in [5.74, 6) is 0. The Bertz CT molecular complexity index is 1230. The standard InChI is InChI=1S/C88H181NP2S2/c1-5-9-13-17-21-25-29-33-37-41-45-49-53-57-61-65-69-73-77-81-85-90(92,86-82-78-74-70-66-62-58-54-50-46-42-38-34-30-26-22-18-14-10-6-2)89-91(93,87-83-79-75-71-67-63-59-55-51-47-43-39-35-31-27-23-19-15-11-7-3)88-84-80-76-72-68-64-60-56-52-48-44-40-36-32-28-24-20-16-12-8-4/h5-88H2,1-4H3,(H,89,92,93). The molecule has 93 heavy (non-hydrogen) atoms. The van der Waals surface area contributed by atoms with Crippen LogP contribution in [0.25, 0.3) is 0 Å². The molecule has 5 heteroatoms. The predicted octanol–water partition coefficient (Wildman–Crippen LogP) is 34.7. The molecule has 0 aromatic heterocycles. The molecule has 0 aliphatic heterocycles. The van der Waals surface area contributed by atoms with Crippen molar-refractivity contribution in [3.05, 3.63) is 0 Å². The van der Waals surface area contributed by atoms with Crippen molar-refractivity contribution in [1.29, 1.82) is 0 Å². The van der Waals surface area contributed by atoms with Crippen molar-refractivity contribution < 1.29 is 0 Å². The van der Waals surface area contributed by atoms with Gasteiger partial charge >= 0.3 is 0 Å². The van der Waals surface area contributed by atoms with Crippen molar-refractivity contribution in [2.75, 3.05) is 24.6 Å². The SMILES string of the molecule is CCCCCCCCCCCCCCCCCCCCCCP(=S)(CCCCCCCCCCCCCCCCCCCCCC)NP(=S)(CCCCCCCCCCCCCCCCCCCCCC)CCCCCCCCCCCCCCCCCCCCCC. The first kappa shape index (κ1) is 94.3. The lowest BCUT2D eigenvalue weighted by atomic mass is 10.0. The molecule has 0 atom stereocenters. The summed E-state index contributed by atoms with van der Waals surface area (Å²) in [6.45, 7) is 9.30. The fourth-order valence-corrected chi connectivity index (χ4v) is 27.7. The number of nitrogens with one attached hydrogen (secondary N) is 1. The molecule has 0 rings (SSSR count). The molecule has 0 aliphatic carbocycles. The second-order valence-corrected chi connectivity index (χ2v) is 42.0. The molecule has 0 fully saturated rings. The van der Waals surface area contributed by atoms with Gasteiger partial charge in [-0.05, 0) is 50.3 Å². The van der Waals surface area contributed by atoms with E-state index in [0.29, 0.717) is 0 Å². The van der Waals surface area contributed by atoms with E-state index in [-0.39, 0.29) is 0 Å². The Morgan fingerprint density at radius 3 is 0.290 bits per heavy atom. The minimum absolute atomic E-state index is 1.28. The second-order valence-electron chi connectivity index (χ2n) is 31.6. The highest BCUT2D eigenvalue weighted by atomic mass is 32.5. The summed E-state index contributed by atoms with van der Waals surface area (Å²) < 4.78 is 0. The van der Waals surface area contributed by atoms with E-state index in [2.05, 4.69) is 32.6 Å². The number of hydrogen-bond acceptors (Lipinski definition) is 2. The van der Waals surface area contributed by atoms with Crippen LogP contribution in [0.2, 0.25) is 0 Å². The van der Waals surface area contributed by atoms with Crippen LogP contribution in [0, 0.1) is 0 Å². The van der Waals surface area contributed by atoms with Gasteiger partial charge in [0.25, 0.3) is 0 Å². The fourth-order valence-electron chi connectivity index (χ4n) is 15.2. The minimum atomic E-state index is -1.69. The van der Waals surface area contributed by atoms with Gasteiger partial charge in [0.15, 0.2) is 0 Å². The van der Waals surface area contributed by atoms with E-state index in [1.54, 1.807) is 0 Å². The van der Waals surface area contributed by atoms with Gasteiger partial charge in [0.05, 0.1) is 0 Å². The van der Waals surface area contributed by atoms with Crippen LogP contribution in [0.5, 0.6) is 0 Å². The van der Waals surface area contributed by atoms with E-state index >= 15 is 0 Å². The maximum Gasteiger partial charge on any atom is 0.0164 e. The van der Waals surface area contributed by atoms with Gasteiger partial charge in [0.2, 0.25) is 0 Å². The third kappa shape index (κ3) is 78.8. The summed E-state index contributed by atoms with van der Waals surface area (Å²) in [7, 11) is 0. The van der Waals surface area contributed by atoms with Crippen molar-refractivity contribution in [3.8, 4) is 0 Å². The maximum absolute atomic E-state index is 7.02. The maximum atomic E-state index is 7.02.